The number of fused-ring (bicyclic) bond motifs is 1. The van der Waals surface area contributed by atoms with Gasteiger partial charge in [0, 0.05) is 24.2 Å². The molecule has 1 aromatic carbocycles. The Bertz CT molecular complexity index is 818. The highest BCUT2D eigenvalue weighted by molar-refractivity contribution is 5.99. The van der Waals surface area contributed by atoms with Gasteiger partial charge in [0.05, 0.1) is 0 Å². The van der Waals surface area contributed by atoms with Gasteiger partial charge in [0.1, 0.15) is 12.1 Å². The van der Waals surface area contributed by atoms with Gasteiger partial charge in [0.2, 0.25) is 11.8 Å². The molecular weight excluding hydrogens is 362 g/mol. The molecule has 2 aliphatic heterocycles. The third-order valence-electron chi connectivity index (χ3n) is 5.06. The van der Waals surface area contributed by atoms with Gasteiger partial charge in [-0.2, -0.15) is 0 Å². The number of anilines is 1. The molecule has 0 aromatic heterocycles. The maximum atomic E-state index is 13.0. The van der Waals surface area contributed by atoms with Gasteiger partial charge < -0.3 is 20.6 Å². The Balaban J connectivity index is 1.74. The average Bonchev–Trinajstić information content (AvgIpc) is 3.06. The second-order valence-electron chi connectivity index (χ2n) is 7.06. The summed E-state index contributed by atoms with van der Waals surface area (Å²) in [6.45, 7) is 1.39. The van der Waals surface area contributed by atoms with E-state index < -0.39 is 24.0 Å². The number of nitrogens with one attached hydrogen (secondary N) is 2. The molecule has 8 nitrogen and oxygen atoms in total. The van der Waals surface area contributed by atoms with E-state index in [0.29, 0.717) is 36.9 Å². The summed E-state index contributed by atoms with van der Waals surface area (Å²) in [5.74, 6) is -2.01. The van der Waals surface area contributed by atoms with Crippen LogP contribution in [0.25, 0.3) is 0 Å². The van der Waals surface area contributed by atoms with Gasteiger partial charge >= 0.3 is 5.97 Å². The Hall–Kier alpha value is -3.16. The molecule has 3 N–H and O–H groups in total. The Labute approximate surface area is 162 Å². The van der Waals surface area contributed by atoms with Crippen molar-refractivity contribution in [3.05, 3.63) is 42.0 Å². The highest BCUT2D eigenvalue weighted by Crippen LogP contribution is 2.29. The van der Waals surface area contributed by atoms with Crippen LogP contribution in [0.5, 0.6) is 0 Å². The highest BCUT2D eigenvalue weighted by Gasteiger charge is 2.43. The minimum Gasteiger partial charge on any atom is -0.480 e. The minimum absolute atomic E-state index is 0.151. The normalized spacial score (nSPS) is 25.2. The first-order valence-electron chi connectivity index (χ1n) is 9.25. The molecule has 1 fully saturated rings. The van der Waals surface area contributed by atoms with Gasteiger partial charge in [-0.1, -0.05) is 12.2 Å². The van der Waals surface area contributed by atoms with E-state index in [2.05, 4.69) is 10.6 Å². The number of amides is 3. The van der Waals surface area contributed by atoms with E-state index in [9.17, 15) is 24.3 Å². The lowest BCUT2D eigenvalue weighted by atomic mass is 10.0. The maximum Gasteiger partial charge on any atom is 0.326 e. The van der Waals surface area contributed by atoms with Crippen LogP contribution in [0.1, 0.15) is 43.0 Å². The quantitative estimate of drug-likeness (QED) is 0.680. The molecule has 2 aliphatic rings. The fraction of sp³-hybridized carbons (Fsp3) is 0.400. The summed E-state index contributed by atoms with van der Waals surface area (Å²) in [5.41, 5.74) is 0.916. The molecule has 2 heterocycles. The lowest BCUT2D eigenvalue weighted by molar-refractivity contribution is -0.150. The topological polar surface area (TPSA) is 116 Å². The summed E-state index contributed by atoms with van der Waals surface area (Å²) in [6.07, 6.45) is 5.79. The van der Waals surface area contributed by atoms with Gasteiger partial charge in [-0.15, -0.1) is 0 Å². The molecule has 3 rings (SSSR count). The summed E-state index contributed by atoms with van der Waals surface area (Å²) >= 11 is 0. The number of carbonyl (C=O) groups excluding carboxylic acids is 3. The Morgan fingerprint density at radius 3 is 2.39 bits per heavy atom. The number of hydrogen-bond acceptors (Lipinski definition) is 4. The third-order valence-corrected chi connectivity index (χ3v) is 5.06. The first kappa shape index (κ1) is 19.6. The van der Waals surface area contributed by atoms with Crippen molar-refractivity contribution < 1.29 is 24.3 Å². The van der Waals surface area contributed by atoms with Crippen LogP contribution in [-0.2, 0) is 14.4 Å². The fourth-order valence-corrected chi connectivity index (χ4v) is 3.73. The zero-order valence-corrected chi connectivity index (χ0v) is 15.6. The number of benzene rings is 1. The molecule has 1 aromatic rings. The van der Waals surface area contributed by atoms with Crippen LogP contribution in [0.4, 0.5) is 5.69 Å². The zero-order chi connectivity index (χ0) is 20.3. The van der Waals surface area contributed by atoms with E-state index in [-0.39, 0.29) is 17.9 Å². The van der Waals surface area contributed by atoms with Crippen molar-refractivity contribution in [2.45, 2.75) is 50.7 Å². The SMILES string of the molecule is CC(=O)Nc1ccc(C(=O)N[C@H]2C/C=C\C[C@@H]3CC[C@@H](C(=O)O)N3C2=O)cc1. The van der Waals surface area contributed by atoms with Crippen LogP contribution in [-0.4, -0.2) is 51.8 Å². The second-order valence-corrected chi connectivity index (χ2v) is 7.06. The van der Waals surface area contributed by atoms with Crippen LogP contribution in [0.3, 0.4) is 0 Å². The van der Waals surface area contributed by atoms with Crippen LogP contribution >= 0.6 is 0 Å². The third kappa shape index (κ3) is 4.21. The number of rotatable bonds is 4. The van der Waals surface area contributed by atoms with Gasteiger partial charge in [-0.05, 0) is 49.9 Å². The number of nitrogens with zero attached hydrogens (tertiary/aromatic N) is 1. The van der Waals surface area contributed by atoms with Crippen molar-refractivity contribution in [3.63, 3.8) is 0 Å². The van der Waals surface area contributed by atoms with Gasteiger partial charge in [0.15, 0.2) is 0 Å². The molecule has 3 amide bonds. The monoisotopic (exact) mass is 385 g/mol. The molecule has 8 heteroatoms. The van der Waals surface area contributed by atoms with E-state index in [1.807, 2.05) is 12.2 Å². The van der Waals surface area contributed by atoms with Gasteiger partial charge in [0.25, 0.3) is 5.91 Å². The first-order valence-corrected chi connectivity index (χ1v) is 9.25. The van der Waals surface area contributed by atoms with Crippen molar-refractivity contribution in [3.8, 4) is 0 Å². The highest BCUT2D eigenvalue weighted by atomic mass is 16.4. The average molecular weight is 385 g/mol. The van der Waals surface area contributed by atoms with Crippen molar-refractivity contribution in [1.82, 2.24) is 10.2 Å². The molecule has 148 valence electrons. The summed E-state index contributed by atoms with van der Waals surface area (Å²) in [6, 6.07) is 4.51. The lowest BCUT2D eigenvalue weighted by Crippen LogP contribution is -2.54. The summed E-state index contributed by atoms with van der Waals surface area (Å²) < 4.78 is 0. The molecule has 1 saturated heterocycles. The Morgan fingerprint density at radius 1 is 1.07 bits per heavy atom. The van der Waals surface area contributed by atoms with E-state index in [1.54, 1.807) is 24.3 Å². The smallest absolute Gasteiger partial charge is 0.326 e. The standard InChI is InChI=1S/C20H23N3O5/c1-12(24)21-14-8-6-13(7-9-14)18(25)22-16-5-3-2-4-15-10-11-17(20(27)28)23(15)19(16)26/h2-3,6-9,15-17H,4-5,10-11H2,1H3,(H,21,24)(H,22,25)(H,27,28)/b3-2-/t15-,16+,17+/m1/s1. The van der Waals surface area contributed by atoms with Crippen LogP contribution < -0.4 is 10.6 Å². The van der Waals surface area contributed by atoms with E-state index in [0.717, 1.165) is 0 Å². The fourth-order valence-electron chi connectivity index (χ4n) is 3.73. The molecule has 3 atom stereocenters. The molecule has 0 unspecified atom stereocenters. The van der Waals surface area contributed by atoms with Crippen molar-refractivity contribution in [2.24, 2.45) is 0 Å². The van der Waals surface area contributed by atoms with E-state index in [4.69, 9.17) is 0 Å². The van der Waals surface area contributed by atoms with Crippen molar-refractivity contribution in [1.29, 1.82) is 0 Å². The molecule has 0 spiro atoms. The largest absolute Gasteiger partial charge is 0.480 e. The minimum atomic E-state index is -1.01. The van der Waals surface area contributed by atoms with Crippen LogP contribution in [0.15, 0.2) is 36.4 Å². The lowest BCUT2D eigenvalue weighted by Gasteiger charge is -2.32. The zero-order valence-electron chi connectivity index (χ0n) is 15.6. The number of hydrogen-bond donors (Lipinski definition) is 3. The first-order chi connectivity index (χ1) is 13.4. The van der Waals surface area contributed by atoms with Crippen molar-refractivity contribution in [2.75, 3.05) is 5.32 Å². The summed E-state index contributed by atoms with van der Waals surface area (Å²) in [5, 5.41) is 14.8. The van der Waals surface area contributed by atoms with Crippen LogP contribution in [0.2, 0.25) is 0 Å². The number of carboxylic acid groups (broad SMARTS) is 1. The van der Waals surface area contributed by atoms with Crippen molar-refractivity contribution >= 4 is 29.4 Å². The Kier molecular flexibility index (Phi) is 5.77. The maximum absolute atomic E-state index is 13.0. The summed E-state index contributed by atoms with van der Waals surface area (Å²) in [4.78, 5) is 49.6. The molecule has 0 radical (unpaired) electrons. The van der Waals surface area contributed by atoms with Crippen LogP contribution in [0, 0.1) is 0 Å². The predicted octanol–water partition coefficient (Wildman–Crippen LogP) is 1.54. The summed E-state index contributed by atoms with van der Waals surface area (Å²) in [7, 11) is 0. The van der Waals surface area contributed by atoms with E-state index >= 15 is 0 Å². The predicted molar refractivity (Wildman–Crippen MR) is 102 cm³/mol. The number of aliphatic carboxylic acids is 1. The van der Waals surface area contributed by atoms with Gasteiger partial charge in [-0.3, -0.25) is 14.4 Å². The second kappa shape index (κ2) is 8.24. The number of carboxylic acids is 1. The molecule has 0 aliphatic carbocycles. The molecule has 0 bridgehead atoms. The number of carbonyl (C=O) groups is 4. The van der Waals surface area contributed by atoms with E-state index in [1.165, 1.54) is 11.8 Å². The van der Waals surface area contributed by atoms with Gasteiger partial charge in [-0.25, -0.2) is 4.79 Å². The molecular formula is C20H23N3O5. The molecule has 0 saturated carbocycles. The Morgan fingerprint density at radius 2 is 1.75 bits per heavy atom. The molecule has 28 heavy (non-hydrogen) atoms.